The van der Waals surface area contributed by atoms with E-state index in [0.29, 0.717) is 0 Å². The molecule has 1 aliphatic heterocycles. The summed E-state index contributed by atoms with van der Waals surface area (Å²) in [5.41, 5.74) is 3.06. The first kappa shape index (κ1) is 13.2. The van der Waals surface area contributed by atoms with Crippen molar-refractivity contribution < 1.29 is 4.79 Å². The molecule has 0 unspecified atom stereocenters. The lowest BCUT2D eigenvalue weighted by atomic mass is 10.0. The lowest BCUT2D eigenvalue weighted by Gasteiger charge is -2.29. The number of nitrogens with one attached hydrogen (secondary N) is 1. The normalized spacial score (nSPS) is 13.8. The summed E-state index contributed by atoms with van der Waals surface area (Å²) in [7, 11) is 0. The molecular formula is C16H15BrN2O. The van der Waals surface area contributed by atoms with Crippen LogP contribution >= 0.6 is 15.9 Å². The van der Waals surface area contributed by atoms with E-state index in [4.69, 9.17) is 0 Å². The van der Waals surface area contributed by atoms with Crippen LogP contribution in [0.15, 0.2) is 53.0 Å². The Morgan fingerprint density at radius 3 is 2.85 bits per heavy atom. The van der Waals surface area contributed by atoms with Crippen LogP contribution in [0.3, 0.4) is 0 Å². The quantitative estimate of drug-likeness (QED) is 0.823. The van der Waals surface area contributed by atoms with E-state index in [9.17, 15) is 4.79 Å². The fourth-order valence-electron chi connectivity index (χ4n) is 2.50. The molecule has 1 aliphatic rings. The second-order valence-electron chi connectivity index (χ2n) is 4.82. The predicted molar refractivity (Wildman–Crippen MR) is 85.3 cm³/mol. The number of carbonyl (C=O) groups excluding carboxylic acids is 1. The number of benzene rings is 2. The molecule has 0 saturated heterocycles. The largest absolute Gasteiger partial charge is 0.326 e. The summed E-state index contributed by atoms with van der Waals surface area (Å²) in [6.07, 6.45) is 2.04. The van der Waals surface area contributed by atoms with E-state index in [1.165, 1.54) is 5.56 Å². The predicted octanol–water partition coefficient (Wildman–Crippen LogP) is 4.43. The third-order valence-electron chi connectivity index (χ3n) is 3.43. The van der Waals surface area contributed by atoms with Crippen molar-refractivity contribution in [3.05, 3.63) is 58.6 Å². The summed E-state index contributed by atoms with van der Waals surface area (Å²) in [4.78, 5) is 14.3. The van der Waals surface area contributed by atoms with Gasteiger partial charge in [0.1, 0.15) is 0 Å². The third kappa shape index (κ3) is 2.70. The van der Waals surface area contributed by atoms with E-state index in [1.54, 1.807) is 0 Å². The van der Waals surface area contributed by atoms with Crippen LogP contribution in [0.1, 0.15) is 12.0 Å². The first-order chi connectivity index (χ1) is 9.74. The van der Waals surface area contributed by atoms with E-state index in [2.05, 4.69) is 27.3 Å². The number of halogens is 1. The molecule has 3 rings (SSSR count). The van der Waals surface area contributed by atoms with Gasteiger partial charge in [0.15, 0.2) is 0 Å². The second kappa shape index (κ2) is 5.67. The van der Waals surface area contributed by atoms with Gasteiger partial charge in [-0.1, -0.05) is 40.2 Å². The van der Waals surface area contributed by atoms with Crippen molar-refractivity contribution in [3.63, 3.8) is 0 Å². The van der Waals surface area contributed by atoms with E-state index in [1.807, 2.05) is 47.4 Å². The summed E-state index contributed by atoms with van der Waals surface area (Å²) in [6.45, 7) is 0.761. The fourth-order valence-corrected chi connectivity index (χ4v) is 2.90. The lowest BCUT2D eigenvalue weighted by molar-refractivity contribution is 0.256. The van der Waals surface area contributed by atoms with Crippen molar-refractivity contribution in [2.24, 2.45) is 0 Å². The summed E-state index contributed by atoms with van der Waals surface area (Å²) in [6, 6.07) is 15.7. The van der Waals surface area contributed by atoms with Crippen molar-refractivity contribution >= 4 is 33.3 Å². The number of fused-ring (bicyclic) bond motifs is 1. The Morgan fingerprint density at radius 1 is 1.15 bits per heavy atom. The smallest absolute Gasteiger partial charge is 0.308 e. The number of anilines is 2. The zero-order valence-electron chi connectivity index (χ0n) is 11.0. The Labute approximate surface area is 126 Å². The van der Waals surface area contributed by atoms with Crippen LogP contribution in [-0.4, -0.2) is 12.6 Å². The molecule has 3 nitrogen and oxygen atoms in total. The van der Waals surface area contributed by atoms with Crippen LogP contribution in [-0.2, 0) is 6.42 Å². The standard InChI is InChI=1S/C16H15BrN2O/c17-13-7-3-8-14(11-13)18-16(20)19-10-4-6-12-5-1-2-9-15(12)19/h1-3,5,7-9,11H,4,6,10H2,(H,18,20). The molecule has 0 saturated carbocycles. The highest BCUT2D eigenvalue weighted by atomic mass is 79.9. The molecule has 4 heteroatoms. The Morgan fingerprint density at radius 2 is 2.00 bits per heavy atom. The molecule has 0 aromatic heterocycles. The number of rotatable bonds is 1. The van der Waals surface area contributed by atoms with Crippen molar-refractivity contribution in [1.29, 1.82) is 0 Å². The van der Waals surface area contributed by atoms with Crippen LogP contribution < -0.4 is 10.2 Å². The summed E-state index contributed by atoms with van der Waals surface area (Å²) < 4.78 is 0.953. The Bertz CT molecular complexity index is 642. The van der Waals surface area contributed by atoms with Crippen LogP contribution in [0, 0.1) is 0 Å². The van der Waals surface area contributed by atoms with E-state index < -0.39 is 0 Å². The minimum atomic E-state index is -0.0738. The average molecular weight is 331 g/mol. The number of carbonyl (C=O) groups is 1. The van der Waals surface area contributed by atoms with Gasteiger partial charge in [-0.3, -0.25) is 4.90 Å². The van der Waals surface area contributed by atoms with Gasteiger partial charge in [-0.25, -0.2) is 4.79 Å². The number of amides is 2. The van der Waals surface area contributed by atoms with Gasteiger partial charge in [-0.05, 0) is 42.7 Å². The maximum absolute atomic E-state index is 12.4. The van der Waals surface area contributed by atoms with Gasteiger partial charge < -0.3 is 5.32 Å². The molecule has 0 spiro atoms. The van der Waals surface area contributed by atoms with Crippen LogP contribution in [0.5, 0.6) is 0 Å². The molecule has 0 radical (unpaired) electrons. The van der Waals surface area contributed by atoms with E-state index in [0.717, 1.165) is 35.2 Å². The van der Waals surface area contributed by atoms with Crippen molar-refractivity contribution in [2.75, 3.05) is 16.8 Å². The average Bonchev–Trinajstić information content (AvgIpc) is 2.46. The zero-order valence-corrected chi connectivity index (χ0v) is 12.6. The molecule has 20 heavy (non-hydrogen) atoms. The Balaban J connectivity index is 1.82. The number of urea groups is 1. The van der Waals surface area contributed by atoms with Gasteiger partial charge in [-0.2, -0.15) is 0 Å². The Kier molecular flexibility index (Phi) is 3.74. The minimum Gasteiger partial charge on any atom is -0.308 e. The minimum absolute atomic E-state index is 0.0738. The van der Waals surface area contributed by atoms with Gasteiger partial charge in [0, 0.05) is 22.4 Å². The third-order valence-corrected chi connectivity index (χ3v) is 3.92. The molecule has 0 fully saturated rings. The van der Waals surface area contributed by atoms with E-state index in [-0.39, 0.29) is 6.03 Å². The van der Waals surface area contributed by atoms with Gasteiger partial charge in [0.2, 0.25) is 0 Å². The monoisotopic (exact) mass is 330 g/mol. The highest BCUT2D eigenvalue weighted by Crippen LogP contribution is 2.27. The number of aryl methyl sites for hydroxylation is 1. The zero-order chi connectivity index (χ0) is 13.9. The number of hydrogen-bond donors (Lipinski definition) is 1. The molecule has 102 valence electrons. The number of para-hydroxylation sites is 1. The molecule has 2 aromatic carbocycles. The topological polar surface area (TPSA) is 32.3 Å². The van der Waals surface area contributed by atoms with Gasteiger partial charge >= 0.3 is 6.03 Å². The number of nitrogens with zero attached hydrogens (tertiary/aromatic N) is 1. The highest BCUT2D eigenvalue weighted by molar-refractivity contribution is 9.10. The van der Waals surface area contributed by atoms with Gasteiger partial charge in [0.25, 0.3) is 0 Å². The number of hydrogen-bond acceptors (Lipinski definition) is 1. The molecule has 2 aromatic rings. The molecule has 0 bridgehead atoms. The second-order valence-corrected chi connectivity index (χ2v) is 5.74. The van der Waals surface area contributed by atoms with Crippen molar-refractivity contribution in [2.45, 2.75) is 12.8 Å². The van der Waals surface area contributed by atoms with Crippen LogP contribution in [0.4, 0.5) is 16.2 Å². The van der Waals surface area contributed by atoms with Crippen molar-refractivity contribution in [1.82, 2.24) is 0 Å². The molecular weight excluding hydrogens is 316 g/mol. The van der Waals surface area contributed by atoms with Crippen LogP contribution in [0.25, 0.3) is 0 Å². The summed E-state index contributed by atoms with van der Waals surface area (Å²) in [5.74, 6) is 0. The van der Waals surface area contributed by atoms with Crippen LogP contribution in [0.2, 0.25) is 0 Å². The van der Waals surface area contributed by atoms with Gasteiger partial charge in [-0.15, -0.1) is 0 Å². The summed E-state index contributed by atoms with van der Waals surface area (Å²) >= 11 is 3.41. The van der Waals surface area contributed by atoms with Crippen molar-refractivity contribution in [3.8, 4) is 0 Å². The first-order valence-electron chi connectivity index (χ1n) is 6.66. The molecule has 2 amide bonds. The highest BCUT2D eigenvalue weighted by Gasteiger charge is 2.21. The SMILES string of the molecule is O=C(Nc1cccc(Br)c1)N1CCCc2ccccc21. The molecule has 0 aliphatic carbocycles. The van der Waals surface area contributed by atoms with E-state index >= 15 is 0 Å². The Hall–Kier alpha value is -1.81. The maximum atomic E-state index is 12.4. The molecule has 1 heterocycles. The molecule has 1 N–H and O–H groups in total. The maximum Gasteiger partial charge on any atom is 0.326 e. The first-order valence-corrected chi connectivity index (χ1v) is 7.45. The van der Waals surface area contributed by atoms with Gasteiger partial charge in [0.05, 0.1) is 0 Å². The summed E-state index contributed by atoms with van der Waals surface area (Å²) in [5, 5.41) is 2.95. The fraction of sp³-hybridized carbons (Fsp3) is 0.188. The molecule has 0 atom stereocenters. The lowest BCUT2D eigenvalue weighted by Crippen LogP contribution is -2.38.